The predicted octanol–water partition coefficient (Wildman–Crippen LogP) is 9.03. The molecule has 6 heteroatoms. The summed E-state index contributed by atoms with van der Waals surface area (Å²) in [6, 6.07) is 41.9. The molecular formula is C44H38N4OPt-2. The van der Waals surface area contributed by atoms with Crippen LogP contribution in [-0.4, -0.2) is 14.1 Å². The standard InChI is InChI=1S/C44H38N4O.Pt/c1-29-27-46(2)28-47(29)36-11-8-12-37(25-36)49-38-15-16-40-39-13-6-7-14-41(39)48(42(40)26-38)43-24-33(17-18-45-43)44(32-9-4-3-5-10-32)34-20-30-19-31(22-34)23-35(44)21-30;/h3-18,24,27,30-31,34-35H,19-23H2,1-2H3;/q-2;. The first-order valence-electron chi connectivity index (χ1n) is 17.7. The van der Waals surface area contributed by atoms with E-state index >= 15 is 0 Å². The Kier molecular flexibility index (Phi) is 7.62. The third-order valence-corrected chi connectivity index (χ3v) is 11.9. The minimum Gasteiger partial charge on any atom is -0.510 e. The smallest absolute Gasteiger partial charge is 0.241 e. The fourth-order valence-corrected chi connectivity index (χ4v) is 10.3. The SMILES string of the molecule is Cc1c[n+](C)[c-]n1-c1[c-]c(Oc2[c-]c3c(cc2)c2ccccc2n3-c2cc(C3(c4ccccc4)C4CC5CC(C4)CC3C5)ccn2)ccc1.[Pt]. The summed E-state index contributed by atoms with van der Waals surface area (Å²) >= 11 is 0. The van der Waals surface area contributed by atoms with Crippen molar-refractivity contribution in [2.45, 2.75) is 44.4 Å². The average molecular weight is 834 g/mol. The number of nitrogens with zero attached hydrogens (tertiary/aromatic N) is 4. The zero-order valence-corrected chi connectivity index (χ0v) is 30.5. The molecule has 4 aromatic carbocycles. The minimum atomic E-state index is 0. The summed E-state index contributed by atoms with van der Waals surface area (Å²) in [4.78, 5) is 5.08. The first-order chi connectivity index (χ1) is 24.0. The van der Waals surface area contributed by atoms with Crippen molar-refractivity contribution in [2.75, 3.05) is 0 Å². The Morgan fingerprint density at radius 1 is 0.760 bits per heavy atom. The Morgan fingerprint density at radius 3 is 2.26 bits per heavy atom. The quantitative estimate of drug-likeness (QED) is 0.124. The summed E-state index contributed by atoms with van der Waals surface area (Å²) in [5.41, 5.74) is 6.93. The number of para-hydroxylation sites is 1. The summed E-state index contributed by atoms with van der Waals surface area (Å²) in [5.74, 6) is 5.30. The van der Waals surface area contributed by atoms with Gasteiger partial charge in [0.15, 0.2) is 0 Å². The van der Waals surface area contributed by atoms with Crippen LogP contribution < -0.4 is 9.30 Å². The van der Waals surface area contributed by atoms with Crippen molar-refractivity contribution in [2.24, 2.45) is 30.7 Å². The van der Waals surface area contributed by atoms with Gasteiger partial charge in [-0.3, -0.25) is 0 Å². The molecule has 0 aliphatic heterocycles. The molecule has 50 heavy (non-hydrogen) atoms. The normalized spacial score (nSPS) is 23.7. The number of pyridine rings is 1. The van der Waals surface area contributed by atoms with Crippen LogP contribution in [0.2, 0.25) is 0 Å². The number of ether oxygens (including phenoxy) is 1. The Morgan fingerprint density at radius 2 is 1.50 bits per heavy atom. The largest absolute Gasteiger partial charge is 0.510 e. The van der Waals surface area contributed by atoms with E-state index in [9.17, 15) is 0 Å². The number of hydrogen-bond donors (Lipinski definition) is 0. The number of imidazole rings is 1. The van der Waals surface area contributed by atoms with Gasteiger partial charge in [0.25, 0.3) is 0 Å². The van der Waals surface area contributed by atoms with Gasteiger partial charge in [-0.15, -0.1) is 29.7 Å². The van der Waals surface area contributed by atoms with Crippen LogP contribution >= 0.6 is 0 Å². The van der Waals surface area contributed by atoms with E-state index in [4.69, 9.17) is 9.72 Å². The van der Waals surface area contributed by atoms with Crippen molar-refractivity contribution in [3.05, 3.63) is 145 Å². The summed E-state index contributed by atoms with van der Waals surface area (Å²) in [7, 11) is 1.97. The maximum Gasteiger partial charge on any atom is 0.241 e. The van der Waals surface area contributed by atoms with Crippen LogP contribution in [0.5, 0.6) is 11.5 Å². The third-order valence-electron chi connectivity index (χ3n) is 11.9. The third kappa shape index (κ3) is 4.84. The fraction of sp³-hybridized carbons (Fsp3) is 0.273. The first kappa shape index (κ1) is 31.5. The van der Waals surface area contributed by atoms with Gasteiger partial charge in [0.1, 0.15) is 5.82 Å². The molecule has 3 heterocycles. The number of benzene rings is 4. The average Bonchev–Trinajstić information content (AvgIpc) is 3.64. The van der Waals surface area contributed by atoms with Crippen LogP contribution in [0.1, 0.15) is 48.9 Å². The monoisotopic (exact) mass is 833 g/mol. The molecule has 4 bridgehead atoms. The molecule has 0 unspecified atom stereocenters. The number of aryl methyl sites for hydroxylation is 2. The van der Waals surface area contributed by atoms with Gasteiger partial charge in [-0.25, -0.2) is 4.98 Å². The number of aromatic nitrogens is 4. The molecule has 0 radical (unpaired) electrons. The molecule has 0 atom stereocenters. The van der Waals surface area contributed by atoms with E-state index < -0.39 is 0 Å². The van der Waals surface area contributed by atoms with Crippen molar-refractivity contribution >= 4 is 21.8 Å². The van der Waals surface area contributed by atoms with Crippen LogP contribution in [0.15, 0.2) is 109 Å². The second-order valence-electron chi connectivity index (χ2n) is 14.7. The number of rotatable bonds is 6. The molecule has 5 nitrogen and oxygen atoms in total. The zero-order chi connectivity index (χ0) is 32.7. The Labute approximate surface area is 307 Å². The molecular weight excluding hydrogens is 796 g/mol. The van der Waals surface area contributed by atoms with Crippen molar-refractivity contribution in [1.29, 1.82) is 0 Å². The van der Waals surface area contributed by atoms with Gasteiger partial charge in [-0.2, -0.15) is 18.2 Å². The van der Waals surface area contributed by atoms with E-state index in [1.165, 1.54) is 48.6 Å². The summed E-state index contributed by atoms with van der Waals surface area (Å²) in [6.07, 6.45) is 14.2. The van der Waals surface area contributed by atoms with Crippen molar-refractivity contribution < 1.29 is 30.4 Å². The van der Waals surface area contributed by atoms with Crippen molar-refractivity contribution in [1.82, 2.24) is 14.1 Å². The van der Waals surface area contributed by atoms with Gasteiger partial charge in [0.05, 0.1) is 7.05 Å². The summed E-state index contributed by atoms with van der Waals surface area (Å²) < 4.78 is 12.7. The fourth-order valence-electron chi connectivity index (χ4n) is 10.3. The first-order valence-corrected chi connectivity index (χ1v) is 17.7. The zero-order valence-electron chi connectivity index (χ0n) is 28.3. The molecule has 4 fully saturated rings. The summed E-state index contributed by atoms with van der Waals surface area (Å²) in [6.45, 7) is 2.06. The van der Waals surface area contributed by atoms with Gasteiger partial charge in [-0.05, 0) is 97.4 Å². The second kappa shape index (κ2) is 12.1. The molecule has 0 N–H and O–H groups in total. The predicted molar refractivity (Wildman–Crippen MR) is 191 cm³/mol. The van der Waals surface area contributed by atoms with Crippen LogP contribution in [0.4, 0.5) is 0 Å². The summed E-state index contributed by atoms with van der Waals surface area (Å²) in [5, 5.41) is 2.31. The Bertz CT molecular complexity index is 2350. The molecule has 0 spiro atoms. The maximum atomic E-state index is 6.46. The van der Waals surface area contributed by atoms with Crippen LogP contribution in [0.3, 0.4) is 0 Å². The van der Waals surface area contributed by atoms with E-state index in [-0.39, 0.29) is 26.5 Å². The molecule has 3 aromatic heterocycles. The van der Waals surface area contributed by atoms with Gasteiger partial charge >= 0.3 is 0 Å². The molecule has 0 saturated heterocycles. The molecule has 0 amide bonds. The number of fused-ring (bicyclic) bond motifs is 3. The molecule has 11 rings (SSSR count). The van der Waals surface area contributed by atoms with E-state index in [0.717, 1.165) is 45.5 Å². The minimum absolute atomic E-state index is 0. The van der Waals surface area contributed by atoms with Crippen LogP contribution in [-0.2, 0) is 33.5 Å². The van der Waals surface area contributed by atoms with E-state index in [2.05, 4.69) is 103 Å². The van der Waals surface area contributed by atoms with Crippen LogP contribution in [0.25, 0.3) is 33.3 Å². The molecule has 4 aliphatic rings. The van der Waals surface area contributed by atoms with E-state index in [1.54, 1.807) is 0 Å². The molecule has 7 aromatic rings. The van der Waals surface area contributed by atoms with Gasteiger partial charge < -0.3 is 18.4 Å². The van der Waals surface area contributed by atoms with E-state index in [1.807, 2.05) is 52.8 Å². The second-order valence-corrected chi connectivity index (χ2v) is 14.7. The van der Waals surface area contributed by atoms with Gasteiger partial charge in [0.2, 0.25) is 6.33 Å². The Hall–Kier alpha value is -4.47. The Balaban J connectivity index is 0.00000336. The van der Waals surface area contributed by atoms with Crippen LogP contribution in [0, 0.1) is 49.1 Å². The molecule has 4 saturated carbocycles. The number of hydrogen-bond acceptors (Lipinski definition) is 2. The van der Waals surface area contributed by atoms with Crippen molar-refractivity contribution in [3.63, 3.8) is 0 Å². The topological polar surface area (TPSA) is 35.9 Å². The van der Waals surface area contributed by atoms with Gasteiger partial charge in [0, 0.05) is 61.6 Å². The van der Waals surface area contributed by atoms with Crippen molar-refractivity contribution in [3.8, 4) is 23.0 Å². The van der Waals surface area contributed by atoms with E-state index in [0.29, 0.717) is 23.3 Å². The maximum absolute atomic E-state index is 6.46. The van der Waals surface area contributed by atoms with Gasteiger partial charge in [-0.1, -0.05) is 59.7 Å². The molecule has 4 aliphatic carbocycles. The molecule has 252 valence electrons.